The van der Waals surface area contributed by atoms with E-state index in [2.05, 4.69) is 10.6 Å². The van der Waals surface area contributed by atoms with Crippen LogP contribution in [0.1, 0.15) is 33.6 Å². The first-order valence-electron chi connectivity index (χ1n) is 7.10. The van der Waals surface area contributed by atoms with Gasteiger partial charge in [0.05, 0.1) is 13.0 Å². The highest BCUT2D eigenvalue weighted by Gasteiger charge is 2.45. The summed E-state index contributed by atoms with van der Waals surface area (Å²) in [6.07, 6.45) is 0.817. The number of aliphatic carboxylic acids is 1. The molecule has 22 heavy (non-hydrogen) atoms. The van der Waals surface area contributed by atoms with Gasteiger partial charge in [0, 0.05) is 19.0 Å². The number of carbonyl (C=O) groups excluding carboxylic acids is 2. The predicted octanol–water partition coefficient (Wildman–Crippen LogP) is 0.563. The molecule has 0 aliphatic carbocycles. The lowest BCUT2D eigenvalue weighted by Gasteiger charge is -2.29. The molecule has 0 unspecified atom stereocenters. The molecule has 1 heterocycles. The monoisotopic (exact) mass is 336 g/mol. The number of methoxy groups -OCH3 is 1. The van der Waals surface area contributed by atoms with Gasteiger partial charge >= 0.3 is 11.9 Å². The summed E-state index contributed by atoms with van der Waals surface area (Å²) in [5, 5.41) is 14.9. The fourth-order valence-electron chi connectivity index (χ4n) is 2.84. The second-order valence-corrected chi connectivity index (χ2v) is 5.89. The molecule has 0 radical (unpaired) electrons. The quantitative estimate of drug-likeness (QED) is 0.612. The molecule has 0 bridgehead atoms. The molecule has 0 aromatic carbocycles. The van der Waals surface area contributed by atoms with Crippen molar-refractivity contribution in [2.45, 2.75) is 51.7 Å². The molecule has 1 rings (SSSR count). The van der Waals surface area contributed by atoms with Crippen LogP contribution >= 0.6 is 12.4 Å². The number of rotatable bonds is 6. The fourth-order valence-corrected chi connectivity index (χ4v) is 2.84. The van der Waals surface area contributed by atoms with Crippen molar-refractivity contribution < 1.29 is 24.2 Å². The topological polar surface area (TPSA) is 105 Å². The number of carboxylic acid groups (broad SMARTS) is 1. The number of hydrogen-bond acceptors (Lipinski definition) is 5. The first kappa shape index (κ1) is 20.7. The van der Waals surface area contributed by atoms with Crippen LogP contribution in [0, 0.1) is 11.8 Å². The molecule has 0 aromatic heterocycles. The van der Waals surface area contributed by atoms with Gasteiger partial charge in [0.25, 0.3) is 0 Å². The van der Waals surface area contributed by atoms with Crippen molar-refractivity contribution in [1.29, 1.82) is 0 Å². The third-order valence-corrected chi connectivity index (χ3v) is 3.67. The standard InChI is InChI=1S/C14H24N2O5.ClH/c1-7(2)5-10(15-8(3)17)12-9(14(20)21-4)6-11(16-12)13(18)19;/h7,9-12,16H,5-6H2,1-4H3,(H,15,17)(H,18,19);1H/t9-,10+,11-,12-;/m1./s1. The van der Waals surface area contributed by atoms with Crippen LogP contribution in [0.2, 0.25) is 0 Å². The van der Waals surface area contributed by atoms with Crippen LogP contribution in [0.25, 0.3) is 0 Å². The maximum Gasteiger partial charge on any atom is 0.320 e. The first-order valence-corrected chi connectivity index (χ1v) is 7.10. The van der Waals surface area contributed by atoms with Gasteiger partial charge in [0.15, 0.2) is 0 Å². The molecule has 1 saturated heterocycles. The average Bonchev–Trinajstić information content (AvgIpc) is 2.81. The van der Waals surface area contributed by atoms with E-state index in [1.165, 1.54) is 14.0 Å². The van der Waals surface area contributed by atoms with E-state index in [-0.39, 0.29) is 30.8 Å². The smallest absolute Gasteiger partial charge is 0.320 e. The summed E-state index contributed by atoms with van der Waals surface area (Å²) in [6, 6.07) is -1.55. The largest absolute Gasteiger partial charge is 0.480 e. The minimum atomic E-state index is -1.00. The summed E-state index contributed by atoms with van der Waals surface area (Å²) >= 11 is 0. The van der Waals surface area contributed by atoms with Gasteiger partial charge in [-0.2, -0.15) is 0 Å². The Morgan fingerprint density at radius 3 is 2.36 bits per heavy atom. The second kappa shape index (κ2) is 8.95. The lowest BCUT2D eigenvalue weighted by Crippen LogP contribution is -2.53. The number of nitrogens with one attached hydrogen (secondary N) is 2. The molecule has 128 valence electrons. The van der Waals surface area contributed by atoms with Gasteiger partial charge in [-0.25, -0.2) is 0 Å². The number of esters is 1. The van der Waals surface area contributed by atoms with E-state index in [0.717, 1.165) is 0 Å². The summed E-state index contributed by atoms with van der Waals surface area (Å²) in [7, 11) is 1.28. The Labute approximate surface area is 136 Å². The average molecular weight is 337 g/mol. The highest BCUT2D eigenvalue weighted by Crippen LogP contribution is 2.27. The molecular weight excluding hydrogens is 312 g/mol. The third kappa shape index (κ3) is 5.46. The summed E-state index contributed by atoms with van der Waals surface area (Å²) in [5.74, 6) is -1.93. The molecular formula is C14H25ClN2O5. The van der Waals surface area contributed by atoms with Crippen LogP contribution in [0.5, 0.6) is 0 Å². The zero-order valence-corrected chi connectivity index (χ0v) is 14.1. The van der Waals surface area contributed by atoms with Crippen molar-refractivity contribution in [2.75, 3.05) is 7.11 Å². The summed E-state index contributed by atoms with van der Waals surface area (Å²) in [4.78, 5) is 34.5. The molecule has 1 aliphatic heterocycles. The van der Waals surface area contributed by atoms with E-state index in [1.54, 1.807) is 0 Å². The van der Waals surface area contributed by atoms with Crippen molar-refractivity contribution >= 4 is 30.3 Å². The Bertz CT molecular complexity index is 416. The minimum Gasteiger partial charge on any atom is -0.480 e. The maximum absolute atomic E-state index is 11.9. The third-order valence-electron chi connectivity index (χ3n) is 3.67. The highest BCUT2D eigenvalue weighted by atomic mass is 35.5. The predicted molar refractivity (Wildman–Crippen MR) is 82.8 cm³/mol. The number of amides is 1. The summed E-state index contributed by atoms with van der Waals surface area (Å²) in [6.45, 7) is 5.42. The number of carbonyl (C=O) groups is 3. The van der Waals surface area contributed by atoms with Crippen molar-refractivity contribution in [2.24, 2.45) is 11.8 Å². The Hall–Kier alpha value is -1.34. The number of carboxylic acids is 1. The Morgan fingerprint density at radius 2 is 1.95 bits per heavy atom. The van der Waals surface area contributed by atoms with Crippen LogP contribution in [0.3, 0.4) is 0 Å². The molecule has 0 spiro atoms. The van der Waals surface area contributed by atoms with E-state index in [9.17, 15) is 14.4 Å². The Morgan fingerprint density at radius 1 is 1.36 bits per heavy atom. The Balaban J connectivity index is 0.00000441. The van der Waals surface area contributed by atoms with E-state index in [0.29, 0.717) is 12.3 Å². The second-order valence-electron chi connectivity index (χ2n) is 5.89. The van der Waals surface area contributed by atoms with Gasteiger partial charge in [0.2, 0.25) is 5.91 Å². The SMILES string of the molecule is COC(=O)[C@@H]1C[C@H](C(=O)O)N[C@H]1[C@H](CC(C)C)NC(C)=O.Cl. The molecule has 0 aromatic rings. The number of ether oxygens (including phenoxy) is 1. The molecule has 1 aliphatic rings. The zero-order valence-electron chi connectivity index (χ0n) is 13.3. The molecule has 1 fully saturated rings. The van der Waals surface area contributed by atoms with E-state index in [4.69, 9.17) is 9.84 Å². The van der Waals surface area contributed by atoms with Crippen molar-refractivity contribution in [3.63, 3.8) is 0 Å². The van der Waals surface area contributed by atoms with E-state index >= 15 is 0 Å². The number of hydrogen-bond donors (Lipinski definition) is 3. The van der Waals surface area contributed by atoms with Crippen LogP contribution < -0.4 is 10.6 Å². The van der Waals surface area contributed by atoms with Crippen LogP contribution in [-0.4, -0.2) is 48.2 Å². The minimum absolute atomic E-state index is 0. The normalized spacial score (nSPS) is 25.2. The lowest BCUT2D eigenvalue weighted by molar-refractivity contribution is -0.146. The molecule has 4 atom stereocenters. The summed E-state index contributed by atoms with van der Waals surface area (Å²) < 4.78 is 4.77. The van der Waals surface area contributed by atoms with Gasteiger partial charge in [-0.15, -0.1) is 12.4 Å². The molecule has 1 amide bonds. The highest BCUT2D eigenvalue weighted by molar-refractivity contribution is 5.85. The number of halogens is 1. The van der Waals surface area contributed by atoms with Crippen LogP contribution in [0.4, 0.5) is 0 Å². The molecule has 0 saturated carbocycles. The van der Waals surface area contributed by atoms with Gasteiger partial charge in [0.1, 0.15) is 6.04 Å². The van der Waals surface area contributed by atoms with Crippen LogP contribution in [0.15, 0.2) is 0 Å². The maximum atomic E-state index is 11.9. The fraction of sp³-hybridized carbons (Fsp3) is 0.786. The summed E-state index contributed by atoms with van der Waals surface area (Å²) in [5.41, 5.74) is 0. The van der Waals surface area contributed by atoms with Crippen molar-refractivity contribution in [1.82, 2.24) is 10.6 Å². The molecule has 7 nitrogen and oxygen atoms in total. The van der Waals surface area contributed by atoms with E-state index < -0.39 is 29.9 Å². The van der Waals surface area contributed by atoms with Gasteiger partial charge in [-0.05, 0) is 18.8 Å². The van der Waals surface area contributed by atoms with Crippen molar-refractivity contribution in [3.05, 3.63) is 0 Å². The molecule has 8 heteroatoms. The van der Waals surface area contributed by atoms with Crippen LogP contribution in [-0.2, 0) is 19.1 Å². The first-order chi connectivity index (χ1) is 9.76. The molecule has 3 N–H and O–H groups in total. The van der Waals surface area contributed by atoms with Gasteiger partial charge in [-0.1, -0.05) is 13.8 Å². The zero-order chi connectivity index (χ0) is 16.2. The lowest BCUT2D eigenvalue weighted by atomic mass is 9.89. The van der Waals surface area contributed by atoms with Gasteiger partial charge < -0.3 is 15.2 Å². The van der Waals surface area contributed by atoms with E-state index in [1.807, 2.05) is 13.8 Å². The van der Waals surface area contributed by atoms with Crippen molar-refractivity contribution in [3.8, 4) is 0 Å². The van der Waals surface area contributed by atoms with Gasteiger partial charge in [-0.3, -0.25) is 19.7 Å². The Kier molecular flexibility index (Phi) is 8.40.